The van der Waals surface area contributed by atoms with Gasteiger partial charge in [-0.25, -0.2) is 4.39 Å². The molecule has 9 heteroatoms. The van der Waals surface area contributed by atoms with Crippen molar-refractivity contribution in [2.24, 2.45) is 0 Å². The van der Waals surface area contributed by atoms with Crippen LogP contribution in [0, 0.1) is 5.82 Å². The number of anilines is 4. The summed E-state index contributed by atoms with van der Waals surface area (Å²) in [6.07, 6.45) is 0. The fourth-order valence-electron chi connectivity index (χ4n) is 2.84. The zero-order valence-electron chi connectivity index (χ0n) is 15.7. The molecular weight excluding hydrogens is 395 g/mol. The lowest BCUT2D eigenvalue weighted by Crippen LogP contribution is -2.37. The molecule has 1 aromatic heterocycles. The summed E-state index contributed by atoms with van der Waals surface area (Å²) >= 11 is 0. The number of hydrogen-bond donors (Lipinski definition) is 2. The average molecular weight is 417 g/mol. The molecule has 2 aromatic carbocycles. The minimum absolute atomic E-state index is 0. The highest BCUT2D eigenvalue weighted by atomic mass is 35.5. The quantitative estimate of drug-likeness (QED) is 0.635. The van der Waals surface area contributed by atoms with Gasteiger partial charge in [0.05, 0.1) is 13.2 Å². The van der Waals surface area contributed by atoms with Gasteiger partial charge in [-0.1, -0.05) is 30.3 Å². The van der Waals surface area contributed by atoms with Gasteiger partial charge in [0.15, 0.2) is 0 Å². The monoisotopic (exact) mass is 416 g/mol. The van der Waals surface area contributed by atoms with Gasteiger partial charge >= 0.3 is 0 Å². The van der Waals surface area contributed by atoms with Crippen LogP contribution in [0.15, 0.2) is 54.6 Å². The van der Waals surface area contributed by atoms with E-state index in [1.807, 2.05) is 30.3 Å². The second-order valence-electron chi connectivity index (χ2n) is 6.35. The highest BCUT2D eigenvalue weighted by Crippen LogP contribution is 2.19. The minimum Gasteiger partial charge on any atom is -0.378 e. The van der Waals surface area contributed by atoms with Crippen LogP contribution in [-0.2, 0) is 11.3 Å². The molecule has 0 radical (unpaired) electrons. The van der Waals surface area contributed by atoms with E-state index in [4.69, 9.17) is 4.74 Å². The summed E-state index contributed by atoms with van der Waals surface area (Å²) in [4.78, 5) is 15.6. The summed E-state index contributed by atoms with van der Waals surface area (Å²) in [6.45, 7) is 3.32. The van der Waals surface area contributed by atoms with Crippen LogP contribution in [0.1, 0.15) is 5.56 Å². The van der Waals surface area contributed by atoms with E-state index in [9.17, 15) is 4.39 Å². The SMILES string of the molecule is Cl.Fc1ccc(Nc2nc(NCc3ccccc3)nc(N3CCOCC3)n2)cc1. The van der Waals surface area contributed by atoms with Crippen molar-refractivity contribution in [2.45, 2.75) is 6.54 Å². The Kier molecular flexibility index (Phi) is 7.15. The molecule has 2 N–H and O–H groups in total. The summed E-state index contributed by atoms with van der Waals surface area (Å²) < 4.78 is 18.6. The molecule has 0 unspecified atom stereocenters. The van der Waals surface area contributed by atoms with Crippen molar-refractivity contribution in [1.29, 1.82) is 0 Å². The van der Waals surface area contributed by atoms with Crippen molar-refractivity contribution in [1.82, 2.24) is 15.0 Å². The smallest absolute Gasteiger partial charge is 0.233 e. The van der Waals surface area contributed by atoms with Gasteiger partial charge in [0.2, 0.25) is 17.8 Å². The highest BCUT2D eigenvalue weighted by molar-refractivity contribution is 5.85. The Balaban J connectivity index is 0.00000240. The van der Waals surface area contributed by atoms with Crippen molar-refractivity contribution in [3.63, 3.8) is 0 Å². The van der Waals surface area contributed by atoms with E-state index >= 15 is 0 Å². The maximum absolute atomic E-state index is 13.2. The van der Waals surface area contributed by atoms with E-state index in [1.54, 1.807) is 12.1 Å². The Hall–Kier alpha value is -2.97. The predicted octanol–water partition coefficient (Wildman–Crippen LogP) is 3.62. The molecule has 0 bridgehead atoms. The normalized spacial score (nSPS) is 13.5. The zero-order valence-corrected chi connectivity index (χ0v) is 16.5. The van der Waals surface area contributed by atoms with Gasteiger partial charge in [0.25, 0.3) is 0 Å². The number of rotatable bonds is 6. The number of nitrogens with one attached hydrogen (secondary N) is 2. The van der Waals surface area contributed by atoms with Crippen LogP contribution < -0.4 is 15.5 Å². The van der Waals surface area contributed by atoms with Gasteiger partial charge in [-0.2, -0.15) is 15.0 Å². The van der Waals surface area contributed by atoms with Crippen LogP contribution in [-0.4, -0.2) is 41.3 Å². The van der Waals surface area contributed by atoms with Crippen molar-refractivity contribution >= 4 is 35.9 Å². The summed E-state index contributed by atoms with van der Waals surface area (Å²) in [5.74, 6) is 1.17. The summed E-state index contributed by atoms with van der Waals surface area (Å²) in [5.41, 5.74) is 1.83. The third-order valence-electron chi connectivity index (χ3n) is 4.31. The van der Waals surface area contributed by atoms with Crippen LogP contribution in [0.3, 0.4) is 0 Å². The molecule has 1 saturated heterocycles. The standard InChI is InChI=1S/C20H21FN6O.ClH/c21-16-6-8-17(9-7-16)23-19-24-18(22-14-15-4-2-1-3-5-15)25-20(26-19)27-10-12-28-13-11-27;/h1-9H,10-14H2,(H2,22,23,24,25,26);1H. The number of hydrogen-bond acceptors (Lipinski definition) is 7. The highest BCUT2D eigenvalue weighted by Gasteiger charge is 2.16. The lowest BCUT2D eigenvalue weighted by atomic mass is 10.2. The zero-order chi connectivity index (χ0) is 19.2. The minimum atomic E-state index is -0.291. The van der Waals surface area contributed by atoms with Gasteiger partial charge in [-0.15, -0.1) is 12.4 Å². The Morgan fingerprint density at radius 1 is 0.897 bits per heavy atom. The molecule has 4 rings (SSSR count). The first kappa shape index (κ1) is 20.8. The molecular formula is C20H22ClFN6O. The topological polar surface area (TPSA) is 75.2 Å². The van der Waals surface area contributed by atoms with Gasteiger partial charge in [0.1, 0.15) is 5.82 Å². The number of benzene rings is 2. The second-order valence-corrected chi connectivity index (χ2v) is 6.35. The van der Waals surface area contributed by atoms with Crippen LogP contribution in [0.5, 0.6) is 0 Å². The largest absolute Gasteiger partial charge is 0.378 e. The molecule has 0 atom stereocenters. The van der Waals surface area contributed by atoms with Gasteiger partial charge < -0.3 is 20.3 Å². The van der Waals surface area contributed by atoms with Crippen LogP contribution in [0.4, 0.5) is 27.9 Å². The molecule has 2 heterocycles. The number of halogens is 2. The predicted molar refractivity (Wildman–Crippen MR) is 114 cm³/mol. The number of aromatic nitrogens is 3. The van der Waals surface area contributed by atoms with Crippen LogP contribution >= 0.6 is 12.4 Å². The summed E-state index contributed by atoms with van der Waals surface area (Å²) in [7, 11) is 0. The molecule has 1 aliphatic heterocycles. The first-order valence-corrected chi connectivity index (χ1v) is 9.15. The van der Waals surface area contributed by atoms with E-state index < -0.39 is 0 Å². The number of nitrogens with zero attached hydrogens (tertiary/aromatic N) is 4. The molecule has 3 aromatic rings. The molecule has 1 aliphatic rings. The first-order valence-electron chi connectivity index (χ1n) is 9.15. The fraction of sp³-hybridized carbons (Fsp3) is 0.250. The maximum Gasteiger partial charge on any atom is 0.233 e. The lowest BCUT2D eigenvalue weighted by molar-refractivity contribution is 0.122. The number of morpholine rings is 1. The van der Waals surface area contributed by atoms with Crippen molar-refractivity contribution in [3.8, 4) is 0 Å². The molecule has 0 spiro atoms. The number of ether oxygens (including phenoxy) is 1. The van der Waals surface area contributed by atoms with Crippen LogP contribution in [0.25, 0.3) is 0 Å². The third-order valence-corrected chi connectivity index (χ3v) is 4.31. The van der Waals surface area contributed by atoms with E-state index in [2.05, 4.69) is 30.5 Å². The fourth-order valence-corrected chi connectivity index (χ4v) is 2.84. The lowest BCUT2D eigenvalue weighted by Gasteiger charge is -2.27. The van der Waals surface area contributed by atoms with Crippen molar-refractivity contribution in [2.75, 3.05) is 41.8 Å². The van der Waals surface area contributed by atoms with Crippen LogP contribution in [0.2, 0.25) is 0 Å². The molecule has 29 heavy (non-hydrogen) atoms. The Morgan fingerprint density at radius 3 is 2.31 bits per heavy atom. The third kappa shape index (κ3) is 5.75. The molecule has 152 valence electrons. The van der Waals surface area contributed by atoms with E-state index in [0.717, 1.165) is 18.7 Å². The summed E-state index contributed by atoms with van der Waals surface area (Å²) in [5, 5.41) is 6.38. The molecule has 0 amide bonds. The molecule has 1 fully saturated rings. The van der Waals surface area contributed by atoms with Gasteiger partial charge in [-0.05, 0) is 29.8 Å². The Morgan fingerprint density at radius 2 is 1.59 bits per heavy atom. The van der Waals surface area contributed by atoms with Crippen molar-refractivity contribution in [3.05, 3.63) is 66.0 Å². The molecule has 7 nitrogen and oxygen atoms in total. The van der Waals surface area contributed by atoms with Gasteiger partial charge in [-0.3, -0.25) is 0 Å². The van der Waals surface area contributed by atoms with E-state index in [1.165, 1.54) is 12.1 Å². The van der Waals surface area contributed by atoms with E-state index in [0.29, 0.717) is 43.3 Å². The maximum atomic E-state index is 13.2. The Bertz CT molecular complexity index is 907. The second kappa shape index (κ2) is 9.99. The van der Waals surface area contributed by atoms with E-state index in [-0.39, 0.29) is 18.2 Å². The van der Waals surface area contributed by atoms with Gasteiger partial charge in [0, 0.05) is 25.3 Å². The Labute approximate surface area is 174 Å². The average Bonchev–Trinajstić information content (AvgIpc) is 2.75. The summed E-state index contributed by atoms with van der Waals surface area (Å²) in [6, 6.07) is 16.1. The molecule has 0 saturated carbocycles. The first-order chi connectivity index (χ1) is 13.8. The van der Waals surface area contributed by atoms with Crippen molar-refractivity contribution < 1.29 is 9.13 Å². The molecule has 0 aliphatic carbocycles.